The summed E-state index contributed by atoms with van der Waals surface area (Å²) in [5.74, 6) is 1.23. The molecule has 1 N–H and O–H groups in total. The Labute approximate surface area is 157 Å². The molecule has 0 fully saturated rings. The number of aliphatic hydroxyl groups excluding tert-OH is 1. The maximum absolute atomic E-state index is 9.31. The van der Waals surface area contributed by atoms with Crippen molar-refractivity contribution in [1.29, 1.82) is 0 Å². The average molecular weight is 360 g/mol. The van der Waals surface area contributed by atoms with Crippen LogP contribution >= 0.6 is 0 Å². The summed E-state index contributed by atoms with van der Waals surface area (Å²) in [5, 5.41) is 13.4. The Kier molecular flexibility index (Phi) is 9.98. The van der Waals surface area contributed by atoms with Gasteiger partial charge in [0.2, 0.25) is 11.7 Å². The van der Waals surface area contributed by atoms with Gasteiger partial charge in [-0.1, -0.05) is 87.4 Å². The Hall–Kier alpha value is -1.72. The van der Waals surface area contributed by atoms with Gasteiger partial charge in [-0.15, -0.1) is 0 Å². The van der Waals surface area contributed by atoms with E-state index >= 15 is 0 Å². The summed E-state index contributed by atoms with van der Waals surface area (Å²) in [6, 6.07) is 9.84. The largest absolute Gasteiger partial charge is 0.395 e. The van der Waals surface area contributed by atoms with Gasteiger partial charge in [-0.2, -0.15) is 4.98 Å². The van der Waals surface area contributed by atoms with Crippen LogP contribution in [-0.4, -0.2) is 39.8 Å². The molecular weight excluding hydrogens is 326 g/mol. The van der Waals surface area contributed by atoms with Crippen molar-refractivity contribution < 1.29 is 9.63 Å². The summed E-state index contributed by atoms with van der Waals surface area (Å²) in [4.78, 5) is 6.68. The van der Waals surface area contributed by atoms with Gasteiger partial charge in [0.05, 0.1) is 13.2 Å². The SMILES string of the molecule is CCCCCCCCCCN(CCO)Cc1nc(-c2ccccc2)no1. The van der Waals surface area contributed by atoms with E-state index in [1.54, 1.807) is 0 Å². The first-order valence-electron chi connectivity index (χ1n) is 10.0. The first kappa shape index (κ1) is 20.6. The van der Waals surface area contributed by atoms with Gasteiger partial charge >= 0.3 is 0 Å². The summed E-state index contributed by atoms with van der Waals surface area (Å²) in [6.07, 6.45) is 10.4. The molecule has 5 nitrogen and oxygen atoms in total. The molecule has 2 aromatic rings. The fourth-order valence-electron chi connectivity index (χ4n) is 3.10. The monoisotopic (exact) mass is 359 g/mol. The molecule has 0 amide bonds. The van der Waals surface area contributed by atoms with E-state index in [0.717, 1.165) is 18.5 Å². The second kappa shape index (κ2) is 12.6. The minimum Gasteiger partial charge on any atom is -0.395 e. The van der Waals surface area contributed by atoms with Gasteiger partial charge in [0.15, 0.2) is 0 Å². The smallest absolute Gasteiger partial charge is 0.241 e. The third-order valence-electron chi connectivity index (χ3n) is 4.60. The Balaban J connectivity index is 1.71. The Morgan fingerprint density at radius 2 is 1.62 bits per heavy atom. The highest BCUT2D eigenvalue weighted by molar-refractivity contribution is 5.53. The summed E-state index contributed by atoms with van der Waals surface area (Å²) in [5.41, 5.74) is 0.958. The molecule has 0 aliphatic heterocycles. The molecular formula is C21H33N3O2. The summed E-state index contributed by atoms with van der Waals surface area (Å²) < 4.78 is 5.39. The molecule has 26 heavy (non-hydrogen) atoms. The van der Waals surface area contributed by atoms with Crippen LogP contribution in [0.4, 0.5) is 0 Å². The first-order chi connectivity index (χ1) is 12.8. The van der Waals surface area contributed by atoms with Gasteiger partial charge in [-0.25, -0.2) is 0 Å². The maximum atomic E-state index is 9.31. The van der Waals surface area contributed by atoms with Crippen molar-refractivity contribution in [3.05, 3.63) is 36.2 Å². The fourth-order valence-corrected chi connectivity index (χ4v) is 3.10. The molecule has 1 heterocycles. The molecule has 0 saturated carbocycles. The molecule has 5 heteroatoms. The molecule has 0 atom stereocenters. The molecule has 0 aliphatic carbocycles. The third kappa shape index (κ3) is 7.67. The summed E-state index contributed by atoms with van der Waals surface area (Å²) in [7, 11) is 0. The van der Waals surface area contributed by atoms with Crippen LogP contribution in [0.1, 0.15) is 64.2 Å². The van der Waals surface area contributed by atoms with E-state index in [1.807, 2.05) is 30.3 Å². The van der Waals surface area contributed by atoms with E-state index in [2.05, 4.69) is 22.0 Å². The zero-order chi connectivity index (χ0) is 18.5. The van der Waals surface area contributed by atoms with Crippen LogP contribution in [-0.2, 0) is 6.54 Å². The minimum absolute atomic E-state index is 0.150. The summed E-state index contributed by atoms with van der Waals surface area (Å²) in [6.45, 7) is 4.59. The van der Waals surface area contributed by atoms with E-state index in [0.29, 0.717) is 24.8 Å². The van der Waals surface area contributed by atoms with Gasteiger partial charge in [0, 0.05) is 12.1 Å². The predicted octanol–water partition coefficient (Wildman–Crippen LogP) is 4.67. The molecule has 0 bridgehead atoms. The molecule has 0 radical (unpaired) electrons. The van der Waals surface area contributed by atoms with Gasteiger partial charge in [0.1, 0.15) is 0 Å². The van der Waals surface area contributed by atoms with Crippen molar-refractivity contribution in [3.8, 4) is 11.4 Å². The maximum Gasteiger partial charge on any atom is 0.241 e. The normalized spacial score (nSPS) is 11.3. The quantitative estimate of drug-likeness (QED) is 0.497. The van der Waals surface area contributed by atoms with Gasteiger partial charge in [-0.3, -0.25) is 4.90 Å². The highest BCUT2D eigenvalue weighted by Gasteiger charge is 2.12. The molecule has 1 aromatic carbocycles. The number of hydrogen-bond acceptors (Lipinski definition) is 5. The van der Waals surface area contributed by atoms with Gasteiger partial charge in [0.25, 0.3) is 0 Å². The zero-order valence-electron chi connectivity index (χ0n) is 16.1. The lowest BCUT2D eigenvalue weighted by Crippen LogP contribution is -2.27. The van der Waals surface area contributed by atoms with Crippen LogP contribution in [0.15, 0.2) is 34.9 Å². The van der Waals surface area contributed by atoms with Crippen molar-refractivity contribution in [3.63, 3.8) is 0 Å². The second-order valence-corrected chi connectivity index (χ2v) is 6.85. The Morgan fingerprint density at radius 1 is 0.923 bits per heavy atom. The molecule has 0 aliphatic rings. The molecule has 0 saturated heterocycles. The Bertz CT molecular complexity index is 586. The van der Waals surface area contributed by atoms with Crippen LogP contribution in [0.5, 0.6) is 0 Å². The third-order valence-corrected chi connectivity index (χ3v) is 4.60. The standard InChI is InChI=1S/C21H33N3O2/c1-2-3-4-5-6-7-8-12-15-24(16-17-25)18-20-22-21(23-26-20)19-13-10-9-11-14-19/h9-11,13-14,25H,2-8,12,15-18H2,1H3. The predicted molar refractivity (Wildman–Crippen MR) is 105 cm³/mol. The van der Waals surface area contributed by atoms with Crippen molar-refractivity contribution >= 4 is 0 Å². The van der Waals surface area contributed by atoms with Crippen molar-refractivity contribution in [2.24, 2.45) is 0 Å². The molecule has 0 spiro atoms. The van der Waals surface area contributed by atoms with Crippen molar-refractivity contribution in [1.82, 2.24) is 15.0 Å². The number of rotatable bonds is 14. The van der Waals surface area contributed by atoms with Gasteiger partial charge in [-0.05, 0) is 13.0 Å². The lowest BCUT2D eigenvalue weighted by Gasteiger charge is -2.18. The zero-order valence-corrected chi connectivity index (χ0v) is 16.1. The number of benzene rings is 1. The van der Waals surface area contributed by atoms with E-state index in [9.17, 15) is 5.11 Å². The topological polar surface area (TPSA) is 62.4 Å². The van der Waals surface area contributed by atoms with E-state index in [1.165, 1.54) is 44.9 Å². The van der Waals surface area contributed by atoms with E-state index < -0.39 is 0 Å². The van der Waals surface area contributed by atoms with Crippen molar-refractivity contribution in [2.45, 2.75) is 64.8 Å². The lowest BCUT2D eigenvalue weighted by molar-refractivity contribution is 0.171. The Morgan fingerprint density at radius 3 is 2.31 bits per heavy atom. The highest BCUT2D eigenvalue weighted by Crippen LogP contribution is 2.16. The minimum atomic E-state index is 0.150. The fraction of sp³-hybridized carbons (Fsp3) is 0.619. The lowest BCUT2D eigenvalue weighted by atomic mass is 10.1. The van der Waals surface area contributed by atoms with Crippen LogP contribution in [0.2, 0.25) is 0 Å². The first-order valence-corrected chi connectivity index (χ1v) is 10.0. The van der Waals surface area contributed by atoms with Crippen LogP contribution in [0, 0.1) is 0 Å². The molecule has 2 rings (SSSR count). The number of nitrogens with zero attached hydrogens (tertiary/aromatic N) is 3. The molecule has 1 aromatic heterocycles. The van der Waals surface area contributed by atoms with Crippen LogP contribution in [0.3, 0.4) is 0 Å². The van der Waals surface area contributed by atoms with Crippen LogP contribution < -0.4 is 0 Å². The highest BCUT2D eigenvalue weighted by atomic mass is 16.5. The average Bonchev–Trinajstić information content (AvgIpc) is 3.13. The van der Waals surface area contributed by atoms with Crippen LogP contribution in [0.25, 0.3) is 11.4 Å². The number of aromatic nitrogens is 2. The summed E-state index contributed by atoms with van der Waals surface area (Å²) >= 11 is 0. The second-order valence-electron chi connectivity index (χ2n) is 6.85. The number of aliphatic hydroxyl groups is 1. The molecule has 0 unspecified atom stereocenters. The van der Waals surface area contributed by atoms with E-state index in [-0.39, 0.29) is 6.61 Å². The molecule has 144 valence electrons. The van der Waals surface area contributed by atoms with E-state index in [4.69, 9.17) is 4.52 Å². The number of hydrogen-bond donors (Lipinski definition) is 1. The van der Waals surface area contributed by atoms with Gasteiger partial charge < -0.3 is 9.63 Å². The number of unbranched alkanes of at least 4 members (excludes halogenated alkanes) is 7. The van der Waals surface area contributed by atoms with Crippen molar-refractivity contribution in [2.75, 3.05) is 19.7 Å².